The number of halogens is 3. The second-order valence-corrected chi connectivity index (χ2v) is 4.86. The van der Waals surface area contributed by atoms with Gasteiger partial charge in [0.25, 0.3) is 5.56 Å². The minimum absolute atomic E-state index is 0.139. The number of nitrogen functional groups attached to an aromatic ring is 1. The van der Waals surface area contributed by atoms with Gasteiger partial charge < -0.3 is 10.8 Å². The molecule has 0 bridgehead atoms. The predicted octanol–water partition coefficient (Wildman–Crippen LogP) is 1.89. The van der Waals surface area contributed by atoms with Crippen LogP contribution in [0.4, 0.5) is 18.9 Å². The molecule has 1 heterocycles. The number of hydrogen-bond donors (Lipinski definition) is 2. The predicted molar refractivity (Wildman–Crippen MR) is 75.0 cm³/mol. The Morgan fingerprint density at radius 2 is 2.00 bits per heavy atom. The summed E-state index contributed by atoms with van der Waals surface area (Å²) in [4.78, 5) is 11.7. The Labute approximate surface area is 123 Å². The van der Waals surface area contributed by atoms with Gasteiger partial charge in [-0.1, -0.05) is 18.2 Å². The van der Waals surface area contributed by atoms with Crippen LogP contribution in [-0.2, 0) is 12.7 Å². The molecule has 2 aromatic rings. The molecule has 5 nitrogen and oxygen atoms in total. The van der Waals surface area contributed by atoms with Gasteiger partial charge in [0.2, 0.25) is 0 Å². The van der Waals surface area contributed by atoms with Crippen molar-refractivity contribution in [1.82, 2.24) is 9.78 Å². The summed E-state index contributed by atoms with van der Waals surface area (Å²) < 4.78 is 40.1. The van der Waals surface area contributed by atoms with E-state index in [-0.39, 0.29) is 23.5 Å². The number of hydrogen-bond acceptors (Lipinski definition) is 4. The lowest BCUT2D eigenvalue weighted by Crippen LogP contribution is -2.28. The number of alkyl halides is 3. The number of aliphatic hydroxyl groups is 1. The molecule has 0 radical (unpaired) electrons. The lowest BCUT2D eigenvalue weighted by atomic mass is 10.0. The SMILES string of the molecule is C[C@@H](O)Cn1nc(-c2ccccc2C(F)(F)F)c(N)cc1=O. The van der Waals surface area contributed by atoms with Crippen molar-refractivity contribution in [3.05, 3.63) is 46.2 Å². The van der Waals surface area contributed by atoms with Crippen molar-refractivity contribution >= 4 is 5.69 Å². The van der Waals surface area contributed by atoms with E-state index in [9.17, 15) is 23.1 Å². The number of nitrogens with two attached hydrogens (primary N) is 1. The van der Waals surface area contributed by atoms with Crippen molar-refractivity contribution < 1.29 is 18.3 Å². The standard InChI is InChI=1S/C14H14F3N3O2/c1-8(21)7-20-12(22)6-11(18)13(19-20)9-4-2-3-5-10(9)14(15,16)17/h2-6,8,21H,7,18H2,1H3/t8-/m1/s1. The average Bonchev–Trinajstić information content (AvgIpc) is 2.40. The molecule has 0 fully saturated rings. The van der Waals surface area contributed by atoms with Crippen LogP contribution < -0.4 is 11.3 Å². The lowest BCUT2D eigenvalue weighted by Gasteiger charge is -2.15. The summed E-state index contributed by atoms with van der Waals surface area (Å²) in [5, 5.41) is 13.2. The van der Waals surface area contributed by atoms with Gasteiger partial charge in [-0.3, -0.25) is 4.79 Å². The molecule has 118 valence electrons. The second kappa shape index (κ2) is 5.80. The highest BCUT2D eigenvalue weighted by molar-refractivity contribution is 5.74. The molecular weight excluding hydrogens is 299 g/mol. The molecule has 0 amide bonds. The molecule has 22 heavy (non-hydrogen) atoms. The molecule has 2 rings (SSSR count). The molecule has 0 saturated heterocycles. The van der Waals surface area contributed by atoms with Gasteiger partial charge in [-0.25, -0.2) is 4.68 Å². The lowest BCUT2D eigenvalue weighted by molar-refractivity contribution is -0.137. The summed E-state index contributed by atoms with van der Waals surface area (Å²) >= 11 is 0. The zero-order valence-electron chi connectivity index (χ0n) is 11.6. The van der Waals surface area contributed by atoms with E-state index in [2.05, 4.69) is 5.10 Å². The molecule has 0 spiro atoms. The first-order valence-corrected chi connectivity index (χ1v) is 6.42. The van der Waals surface area contributed by atoms with Crippen LogP contribution >= 0.6 is 0 Å². The van der Waals surface area contributed by atoms with Crippen LogP contribution in [0.25, 0.3) is 11.3 Å². The molecule has 0 aliphatic carbocycles. The summed E-state index contributed by atoms with van der Waals surface area (Å²) in [7, 11) is 0. The van der Waals surface area contributed by atoms with Crippen molar-refractivity contribution in [2.24, 2.45) is 0 Å². The highest BCUT2D eigenvalue weighted by Gasteiger charge is 2.34. The number of benzene rings is 1. The van der Waals surface area contributed by atoms with Crippen LogP contribution in [0.3, 0.4) is 0 Å². The minimum atomic E-state index is -4.57. The Bertz CT molecular complexity index is 739. The van der Waals surface area contributed by atoms with Crippen LogP contribution in [-0.4, -0.2) is 21.0 Å². The largest absolute Gasteiger partial charge is 0.417 e. The first-order chi connectivity index (χ1) is 10.2. The van der Waals surface area contributed by atoms with E-state index >= 15 is 0 Å². The van der Waals surface area contributed by atoms with E-state index in [1.807, 2.05) is 0 Å². The van der Waals surface area contributed by atoms with Crippen molar-refractivity contribution in [1.29, 1.82) is 0 Å². The number of aromatic nitrogens is 2. The van der Waals surface area contributed by atoms with E-state index < -0.39 is 23.4 Å². The van der Waals surface area contributed by atoms with Crippen molar-refractivity contribution in [2.45, 2.75) is 25.7 Å². The Kier molecular flexibility index (Phi) is 4.23. The van der Waals surface area contributed by atoms with E-state index in [1.54, 1.807) is 0 Å². The first kappa shape index (κ1) is 16.0. The fraction of sp³-hybridized carbons (Fsp3) is 0.286. The second-order valence-electron chi connectivity index (χ2n) is 4.86. The molecule has 0 aliphatic rings. The summed E-state index contributed by atoms with van der Waals surface area (Å²) in [6.45, 7) is 1.30. The zero-order valence-corrected chi connectivity index (χ0v) is 11.6. The number of rotatable bonds is 3. The van der Waals surface area contributed by atoms with E-state index in [1.165, 1.54) is 25.1 Å². The number of nitrogens with zero attached hydrogens (tertiary/aromatic N) is 2. The van der Waals surface area contributed by atoms with Gasteiger partial charge in [0.1, 0.15) is 5.69 Å². The number of aliphatic hydroxyl groups excluding tert-OH is 1. The Morgan fingerprint density at radius 3 is 2.59 bits per heavy atom. The zero-order chi connectivity index (χ0) is 16.5. The van der Waals surface area contributed by atoms with E-state index in [4.69, 9.17) is 5.73 Å². The quantitative estimate of drug-likeness (QED) is 0.907. The monoisotopic (exact) mass is 313 g/mol. The fourth-order valence-corrected chi connectivity index (χ4v) is 2.03. The van der Waals surface area contributed by atoms with Gasteiger partial charge in [0.05, 0.1) is 23.9 Å². The summed E-state index contributed by atoms with van der Waals surface area (Å²) in [5.41, 5.74) is 3.67. The third-order valence-corrected chi connectivity index (χ3v) is 2.95. The van der Waals surface area contributed by atoms with Crippen LogP contribution in [0.5, 0.6) is 0 Å². The maximum Gasteiger partial charge on any atom is 0.417 e. The molecule has 1 atom stereocenters. The highest BCUT2D eigenvalue weighted by Crippen LogP contribution is 2.37. The van der Waals surface area contributed by atoms with Gasteiger partial charge in [-0.2, -0.15) is 18.3 Å². The summed E-state index contributed by atoms with van der Waals surface area (Å²) in [5.74, 6) is 0. The van der Waals surface area contributed by atoms with Crippen LogP contribution in [0.1, 0.15) is 12.5 Å². The summed E-state index contributed by atoms with van der Waals surface area (Å²) in [6, 6.07) is 5.83. The first-order valence-electron chi connectivity index (χ1n) is 6.42. The molecule has 8 heteroatoms. The van der Waals surface area contributed by atoms with Crippen LogP contribution in [0.2, 0.25) is 0 Å². The molecule has 1 aromatic heterocycles. The normalized spacial score (nSPS) is 13.1. The smallest absolute Gasteiger partial charge is 0.397 e. The maximum atomic E-state index is 13.1. The van der Waals surface area contributed by atoms with Crippen LogP contribution in [0.15, 0.2) is 35.1 Å². The van der Waals surface area contributed by atoms with Crippen molar-refractivity contribution in [2.75, 3.05) is 5.73 Å². The van der Waals surface area contributed by atoms with Gasteiger partial charge >= 0.3 is 6.18 Å². The van der Waals surface area contributed by atoms with Gasteiger partial charge in [-0.15, -0.1) is 0 Å². The molecule has 0 saturated carbocycles. The van der Waals surface area contributed by atoms with Gasteiger partial charge in [0.15, 0.2) is 0 Å². The van der Waals surface area contributed by atoms with Crippen molar-refractivity contribution in [3.8, 4) is 11.3 Å². The summed E-state index contributed by atoms with van der Waals surface area (Å²) in [6.07, 6.45) is -5.45. The fourth-order valence-electron chi connectivity index (χ4n) is 2.03. The van der Waals surface area contributed by atoms with E-state index in [0.29, 0.717) is 0 Å². The van der Waals surface area contributed by atoms with Gasteiger partial charge in [0, 0.05) is 11.6 Å². The van der Waals surface area contributed by atoms with E-state index in [0.717, 1.165) is 16.8 Å². The minimum Gasteiger partial charge on any atom is -0.397 e. The Morgan fingerprint density at radius 1 is 1.36 bits per heavy atom. The third kappa shape index (κ3) is 3.28. The number of anilines is 1. The molecule has 0 unspecified atom stereocenters. The highest BCUT2D eigenvalue weighted by atomic mass is 19.4. The molecular formula is C14H14F3N3O2. The molecule has 3 N–H and O–H groups in total. The topological polar surface area (TPSA) is 81.1 Å². The molecule has 1 aromatic carbocycles. The Balaban J connectivity index is 2.66. The van der Waals surface area contributed by atoms with Crippen LogP contribution in [0, 0.1) is 0 Å². The molecule has 0 aliphatic heterocycles. The van der Waals surface area contributed by atoms with Crippen molar-refractivity contribution in [3.63, 3.8) is 0 Å². The van der Waals surface area contributed by atoms with Gasteiger partial charge in [-0.05, 0) is 13.0 Å². The average molecular weight is 313 g/mol. The Hall–Kier alpha value is -2.35. The maximum absolute atomic E-state index is 13.1. The third-order valence-electron chi connectivity index (χ3n) is 2.95.